The number of anilines is 1. The number of benzene rings is 1. The van der Waals surface area contributed by atoms with E-state index in [0.717, 1.165) is 34.4 Å². The lowest BCUT2D eigenvalue weighted by Gasteiger charge is -2.34. The number of aromatic nitrogens is 3. The molecule has 30 heavy (non-hydrogen) atoms. The highest BCUT2D eigenvalue weighted by atomic mass is 32.1. The molecule has 4 aromatic rings. The van der Waals surface area contributed by atoms with Gasteiger partial charge in [0.25, 0.3) is 5.91 Å². The van der Waals surface area contributed by atoms with E-state index in [-0.39, 0.29) is 5.91 Å². The maximum Gasteiger partial charge on any atom is 0.257 e. The zero-order valence-corrected chi connectivity index (χ0v) is 18.0. The number of nitrogens with zero attached hydrogens (tertiary/aromatic N) is 5. The predicted molar refractivity (Wildman–Crippen MR) is 121 cm³/mol. The van der Waals surface area contributed by atoms with Crippen molar-refractivity contribution in [3.8, 4) is 10.6 Å². The van der Waals surface area contributed by atoms with Crippen LogP contribution in [0.1, 0.15) is 15.9 Å². The fourth-order valence-electron chi connectivity index (χ4n) is 3.67. The fraction of sp³-hybridized carbons (Fsp3) is 0.227. The van der Waals surface area contributed by atoms with Gasteiger partial charge in [-0.2, -0.15) is 5.10 Å². The van der Waals surface area contributed by atoms with Crippen LogP contribution in [0.5, 0.6) is 0 Å². The summed E-state index contributed by atoms with van der Waals surface area (Å²) in [6.45, 7) is 3.61. The summed E-state index contributed by atoms with van der Waals surface area (Å²) >= 11 is 3.25. The summed E-state index contributed by atoms with van der Waals surface area (Å²) in [7, 11) is 0. The van der Waals surface area contributed by atoms with E-state index in [9.17, 15) is 4.79 Å². The second kappa shape index (κ2) is 8.41. The first-order valence-corrected chi connectivity index (χ1v) is 11.6. The largest absolute Gasteiger partial charge is 0.345 e. The van der Waals surface area contributed by atoms with Gasteiger partial charge in [-0.3, -0.25) is 9.48 Å². The van der Waals surface area contributed by atoms with Gasteiger partial charge in [0.1, 0.15) is 5.69 Å². The Balaban J connectivity index is 1.38. The Bertz CT molecular complexity index is 1100. The number of piperazine rings is 1. The molecule has 0 saturated carbocycles. The Morgan fingerprint density at radius 1 is 0.967 bits per heavy atom. The van der Waals surface area contributed by atoms with Gasteiger partial charge in [-0.25, -0.2) is 4.98 Å². The standard InChI is InChI=1S/C22H21N5OS2/c28-21(25-9-11-26(12-10-25)22-23-8-14-30-22)18-16-27(15-17-5-2-1-3-6-17)24-20(18)19-7-4-13-29-19/h1-8,13-14,16H,9-12,15H2. The molecule has 3 aromatic heterocycles. The highest BCUT2D eigenvalue weighted by Gasteiger charge is 2.27. The van der Waals surface area contributed by atoms with Crippen LogP contribution in [0, 0.1) is 0 Å². The van der Waals surface area contributed by atoms with Gasteiger partial charge >= 0.3 is 0 Å². The van der Waals surface area contributed by atoms with Crippen LogP contribution in [0.15, 0.2) is 65.6 Å². The lowest BCUT2D eigenvalue weighted by molar-refractivity contribution is 0.0747. The first kappa shape index (κ1) is 19.0. The van der Waals surface area contributed by atoms with Crippen LogP contribution in [0.25, 0.3) is 10.6 Å². The minimum atomic E-state index is 0.0523. The number of amides is 1. The Labute approximate surface area is 183 Å². The van der Waals surface area contributed by atoms with Gasteiger partial charge in [-0.1, -0.05) is 36.4 Å². The van der Waals surface area contributed by atoms with E-state index in [1.807, 2.05) is 63.1 Å². The molecule has 8 heteroatoms. The van der Waals surface area contributed by atoms with Crippen molar-refractivity contribution in [2.24, 2.45) is 0 Å². The van der Waals surface area contributed by atoms with Gasteiger partial charge in [0.05, 0.1) is 17.0 Å². The number of carbonyl (C=O) groups is 1. The predicted octanol–water partition coefficient (Wildman–Crippen LogP) is 4.08. The molecule has 6 nitrogen and oxygen atoms in total. The average Bonchev–Trinajstić information content (AvgIpc) is 3.55. The molecule has 0 unspecified atom stereocenters. The topological polar surface area (TPSA) is 54.3 Å². The number of rotatable bonds is 5. The van der Waals surface area contributed by atoms with Crippen molar-refractivity contribution in [3.63, 3.8) is 0 Å². The van der Waals surface area contributed by atoms with E-state index in [0.29, 0.717) is 25.2 Å². The second-order valence-corrected chi connectivity index (χ2v) is 8.97. The minimum Gasteiger partial charge on any atom is -0.345 e. The summed E-state index contributed by atoms with van der Waals surface area (Å²) in [5.41, 5.74) is 2.61. The molecule has 1 fully saturated rings. The molecule has 1 aliphatic rings. The molecule has 5 rings (SSSR count). The van der Waals surface area contributed by atoms with Crippen LogP contribution < -0.4 is 4.90 Å². The molecule has 0 aliphatic carbocycles. The molecule has 0 N–H and O–H groups in total. The highest BCUT2D eigenvalue weighted by Crippen LogP contribution is 2.28. The number of carbonyl (C=O) groups excluding carboxylic acids is 1. The number of hydrogen-bond donors (Lipinski definition) is 0. The minimum absolute atomic E-state index is 0.0523. The van der Waals surface area contributed by atoms with Crippen LogP contribution >= 0.6 is 22.7 Å². The van der Waals surface area contributed by atoms with E-state index < -0.39 is 0 Å². The summed E-state index contributed by atoms with van der Waals surface area (Å²) < 4.78 is 1.88. The highest BCUT2D eigenvalue weighted by molar-refractivity contribution is 7.13. The van der Waals surface area contributed by atoms with E-state index in [4.69, 9.17) is 5.10 Å². The van der Waals surface area contributed by atoms with E-state index in [1.54, 1.807) is 22.7 Å². The van der Waals surface area contributed by atoms with Crippen molar-refractivity contribution in [1.82, 2.24) is 19.7 Å². The monoisotopic (exact) mass is 435 g/mol. The third-order valence-electron chi connectivity index (χ3n) is 5.19. The molecule has 4 heterocycles. The van der Waals surface area contributed by atoms with Gasteiger partial charge in [-0.05, 0) is 17.0 Å². The zero-order valence-electron chi connectivity index (χ0n) is 16.3. The van der Waals surface area contributed by atoms with Gasteiger partial charge in [0.2, 0.25) is 0 Å². The van der Waals surface area contributed by atoms with Crippen molar-refractivity contribution in [1.29, 1.82) is 0 Å². The summed E-state index contributed by atoms with van der Waals surface area (Å²) in [6.07, 6.45) is 3.73. The van der Waals surface area contributed by atoms with Crippen LogP contribution in [0.2, 0.25) is 0 Å². The maximum absolute atomic E-state index is 13.4. The Kier molecular flexibility index (Phi) is 5.33. The molecular formula is C22H21N5OS2. The van der Waals surface area contributed by atoms with Crippen molar-refractivity contribution in [3.05, 3.63) is 76.7 Å². The number of hydrogen-bond acceptors (Lipinski definition) is 6. The van der Waals surface area contributed by atoms with Gasteiger partial charge in [-0.15, -0.1) is 22.7 Å². The third-order valence-corrected chi connectivity index (χ3v) is 6.90. The Hall–Kier alpha value is -2.97. The first-order valence-electron chi connectivity index (χ1n) is 9.87. The average molecular weight is 436 g/mol. The molecule has 1 aromatic carbocycles. The SMILES string of the molecule is O=C(c1cn(Cc2ccccc2)nc1-c1cccs1)N1CCN(c2nccs2)CC1. The number of thiophene rings is 1. The first-order chi connectivity index (χ1) is 14.8. The van der Waals surface area contributed by atoms with E-state index in [1.165, 1.54) is 0 Å². The summed E-state index contributed by atoms with van der Waals surface area (Å²) in [4.78, 5) is 23.0. The smallest absolute Gasteiger partial charge is 0.257 e. The van der Waals surface area contributed by atoms with Crippen molar-refractivity contribution < 1.29 is 4.79 Å². The van der Waals surface area contributed by atoms with Gasteiger partial charge < -0.3 is 9.80 Å². The molecule has 0 radical (unpaired) electrons. The Morgan fingerprint density at radius 2 is 1.80 bits per heavy atom. The number of thiazole rings is 1. The molecule has 1 amide bonds. The lowest BCUT2D eigenvalue weighted by Crippen LogP contribution is -2.48. The van der Waals surface area contributed by atoms with Crippen LogP contribution in [-0.4, -0.2) is 51.8 Å². The third kappa shape index (κ3) is 3.88. The fourth-order valence-corrected chi connectivity index (χ4v) is 5.09. The molecule has 0 bridgehead atoms. The quantitative estimate of drug-likeness (QED) is 0.474. The molecule has 0 spiro atoms. The molecule has 1 aliphatic heterocycles. The van der Waals surface area contributed by atoms with Crippen molar-refractivity contribution in [2.45, 2.75) is 6.54 Å². The van der Waals surface area contributed by atoms with E-state index in [2.05, 4.69) is 22.0 Å². The summed E-state index contributed by atoms with van der Waals surface area (Å²) in [6, 6.07) is 14.2. The Morgan fingerprint density at radius 3 is 2.50 bits per heavy atom. The molecule has 152 valence electrons. The van der Waals surface area contributed by atoms with Gasteiger partial charge in [0.15, 0.2) is 5.13 Å². The summed E-state index contributed by atoms with van der Waals surface area (Å²) in [5, 5.41) is 9.81. The van der Waals surface area contributed by atoms with Crippen molar-refractivity contribution in [2.75, 3.05) is 31.1 Å². The second-order valence-electron chi connectivity index (χ2n) is 7.15. The normalized spacial score (nSPS) is 14.3. The van der Waals surface area contributed by atoms with Crippen LogP contribution in [-0.2, 0) is 6.54 Å². The maximum atomic E-state index is 13.4. The zero-order chi connectivity index (χ0) is 20.3. The lowest BCUT2D eigenvalue weighted by atomic mass is 10.1. The molecular weight excluding hydrogens is 414 g/mol. The van der Waals surface area contributed by atoms with Crippen molar-refractivity contribution >= 4 is 33.7 Å². The van der Waals surface area contributed by atoms with Gasteiger partial charge in [0, 0.05) is 44.0 Å². The van der Waals surface area contributed by atoms with Crippen LogP contribution in [0.4, 0.5) is 5.13 Å². The summed E-state index contributed by atoms with van der Waals surface area (Å²) in [5.74, 6) is 0.0523. The van der Waals surface area contributed by atoms with E-state index >= 15 is 0 Å². The molecule has 1 saturated heterocycles. The van der Waals surface area contributed by atoms with Crippen LogP contribution in [0.3, 0.4) is 0 Å². The molecule has 0 atom stereocenters.